The zero-order valence-corrected chi connectivity index (χ0v) is 17.1. The lowest BCUT2D eigenvalue weighted by Gasteiger charge is -2.43. The molecule has 6 nitrogen and oxygen atoms in total. The minimum Gasteiger partial charge on any atom is -0.402 e. The van der Waals surface area contributed by atoms with Crippen molar-refractivity contribution in [3.8, 4) is 11.8 Å². The van der Waals surface area contributed by atoms with E-state index in [1.54, 1.807) is 13.0 Å². The van der Waals surface area contributed by atoms with Gasteiger partial charge in [0.15, 0.2) is 5.75 Å². The summed E-state index contributed by atoms with van der Waals surface area (Å²) in [4.78, 5) is 16.5. The van der Waals surface area contributed by atoms with E-state index in [0.717, 1.165) is 12.5 Å². The number of amides is 1. The van der Waals surface area contributed by atoms with Crippen LogP contribution in [0, 0.1) is 17.2 Å². The van der Waals surface area contributed by atoms with Gasteiger partial charge < -0.3 is 9.30 Å². The number of nitrogens with one attached hydrogen (secondary N) is 1. The Hall–Kier alpha value is -3.04. The van der Waals surface area contributed by atoms with Gasteiger partial charge in [-0.2, -0.15) is 22.8 Å². The number of imidazole rings is 1. The van der Waals surface area contributed by atoms with E-state index in [2.05, 4.69) is 15.0 Å². The Labute approximate surface area is 182 Å². The molecule has 2 aromatic rings. The number of hydrogen-bond donors (Lipinski definition) is 1. The molecule has 0 saturated heterocycles. The van der Waals surface area contributed by atoms with E-state index in [0.29, 0.717) is 12.8 Å². The first-order valence-electron chi connectivity index (χ1n) is 9.96. The van der Waals surface area contributed by atoms with E-state index in [4.69, 9.17) is 0 Å². The van der Waals surface area contributed by atoms with Gasteiger partial charge in [-0.3, -0.25) is 10.1 Å². The van der Waals surface area contributed by atoms with Crippen LogP contribution in [0.25, 0.3) is 11.0 Å². The second-order valence-corrected chi connectivity index (χ2v) is 8.57. The molecule has 1 amide bonds. The van der Waals surface area contributed by atoms with Gasteiger partial charge in [0, 0.05) is 24.3 Å². The van der Waals surface area contributed by atoms with Gasteiger partial charge >= 0.3 is 18.2 Å². The zero-order chi connectivity index (χ0) is 24.4. The average Bonchev–Trinajstić information content (AvgIpc) is 3.03. The first-order valence-corrected chi connectivity index (χ1v) is 9.96. The third-order valence-electron chi connectivity index (χ3n) is 6.27. The Balaban J connectivity index is 1.75. The quantitative estimate of drug-likeness (QED) is 0.590. The number of halogens is 7. The van der Waals surface area contributed by atoms with Gasteiger partial charge in [0.2, 0.25) is 11.9 Å². The van der Waals surface area contributed by atoms with E-state index in [1.807, 2.05) is 0 Å². The SMILES string of the molecule is CC1(n2c(NC(=O)CC3CC(F)(F)C3(F)F)nc3ccc(C#N)c(OC(F)(F)F)c32)CCC1. The number of fused-ring (bicyclic) bond motifs is 1. The van der Waals surface area contributed by atoms with E-state index >= 15 is 0 Å². The number of carbonyl (C=O) groups excluding carboxylic acids is 1. The maximum Gasteiger partial charge on any atom is 0.573 e. The first-order chi connectivity index (χ1) is 15.2. The number of aromatic nitrogens is 2. The van der Waals surface area contributed by atoms with Crippen molar-refractivity contribution >= 4 is 22.9 Å². The summed E-state index contributed by atoms with van der Waals surface area (Å²) < 4.78 is 98.0. The van der Waals surface area contributed by atoms with Gasteiger partial charge in [-0.05, 0) is 38.3 Å². The molecule has 13 heteroatoms. The summed E-state index contributed by atoms with van der Waals surface area (Å²) >= 11 is 0. The van der Waals surface area contributed by atoms with E-state index in [9.17, 15) is 40.8 Å². The Bertz CT molecular complexity index is 1160. The molecule has 0 aliphatic heterocycles. The monoisotopic (exact) mass is 478 g/mol. The third kappa shape index (κ3) is 3.75. The summed E-state index contributed by atoms with van der Waals surface area (Å²) in [5.74, 6) is -12.5. The van der Waals surface area contributed by atoms with Crippen molar-refractivity contribution in [1.82, 2.24) is 9.55 Å². The van der Waals surface area contributed by atoms with Crippen molar-refractivity contribution in [2.45, 2.75) is 62.8 Å². The molecular formula is C20H17F7N4O2. The van der Waals surface area contributed by atoms with Crippen LogP contribution in [0.2, 0.25) is 0 Å². The van der Waals surface area contributed by atoms with Crippen molar-refractivity contribution in [3.05, 3.63) is 17.7 Å². The number of nitriles is 1. The van der Waals surface area contributed by atoms with Crippen LogP contribution in [0.1, 0.15) is 44.6 Å². The molecule has 1 aromatic heterocycles. The van der Waals surface area contributed by atoms with Crippen molar-refractivity contribution in [2.75, 3.05) is 5.32 Å². The molecule has 0 radical (unpaired) electrons. The highest BCUT2D eigenvalue weighted by atomic mass is 19.4. The topological polar surface area (TPSA) is 79.9 Å². The van der Waals surface area contributed by atoms with Gasteiger partial charge in [-0.1, -0.05) is 0 Å². The molecule has 1 N–H and O–H groups in total. The first kappa shape index (κ1) is 23.1. The number of hydrogen-bond acceptors (Lipinski definition) is 4. The highest BCUT2D eigenvalue weighted by molar-refractivity contribution is 5.94. The van der Waals surface area contributed by atoms with Gasteiger partial charge in [0.25, 0.3) is 0 Å². The van der Waals surface area contributed by atoms with Crippen molar-refractivity contribution in [3.63, 3.8) is 0 Å². The smallest absolute Gasteiger partial charge is 0.402 e. The lowest BCUT2D eigenvalue weighted by Crippen LogP contribution is -2.59. The second kappa shape index (κ2) is 7.23. The van der Waals surface area contributed by atoms with Crippen LogP contribution in [0.3, 0.4) is 0 Å². The summed E-state index contributed by atoms with van der Waals surface area (Å²) in [6, 6.07) is 3.97. The summed E-state index contributed by atoms with van der Waals surface area (Å²) in [7, 11) is 0. The summed E-state index contributed by atoms with van der Waals surface area (Å²) in [5.41, 5.74) is -1.44. The number of anilines is 1. The molecule has 0 spiro atoms. The molecule has 1 unspecified atom stereocenters. The lowest BCUT2D eigenvalue weighted by molar-refractivity contribution is -0.313. The second-order valence-electron chi connectivity index (χ2n) is 8.57. The molecule has 2 aliphatic rings. The molecule has 1 heterocycles. The Morgan fingerprint density at radius 2 is 1.97 bits per heavy atom. The number of ether oxygens (including phenoxy) is 1. The molecular weight excluding hydrogens is 461 g/mol. The molecule has 1 atom stereocenters. The Morgan fingerprint density at radius 3 is 2.45 bits per heavy atom. The van der Waals surface area contributed by atoms with Crippen LogP contribution in [-0.4, -0.2) is 33.7 Å². The fourth-order valence-electron chi connectivity index (χ4n) is 4.31. The van der Waals surface area contributed by atoms with Crippen LogP contribution in [0.15, 0.2) is 12.1 Å². The summed E-state index contributed by atoms with van der Waals surface area (Å²) in [5, 5.41) is 11.6. The Morgan fingerprint density at radius 1 is 1.30 bits per heavy atom. The van der Waals surface area contributed by atoms with Gasteiger partial charge in [-0.15, -0.1) is 13.2 Å². The predicted molar refractivity (Wildman–Crippen MR) is 99.9 cm³/mol. The molecule has 1 aromatic carbocycles. The average molecular weight is 478 g/mol. The van der Waals surface area contributed by atoms with E-state index in [1.165, 1.54) is 10.6 Å². The molecule has 2 saturated carbocycles. The fourth-order valence-corrected chi connectivity index (χ4v) is 4.31. The Kier molecular flexibility index (Phi) is 5.07. The lowest BCUT2D eigenvalue weighted by atomic mass is 9.74. The van der Waals surface area contributed by atoms with Crippen molar-refractivity contribution < 1.29 is 40.3 Å². The number of rotatable bonds is 5. The molecule has 4 rings (SSSR count). The van der Waals surface area contributed by atoms with Crippen LogP contribution in [0.5, 0.6) is 5.75 Å². The van der Waals surface area contributed by atoms with Crippen LogP contribution in [-0.2, 0) is 10.3 Å². The third-order valence-corrected chi connectivity index (χ3v) is 6.27. The van der Waals surface area contributed by atoms with Crippen LogP contribution < -0.4 is 10.1 Å². The molecule has 33 heavy (non-hydrogen) atoms. The minimum atomic E-state index is -5.13. The maximum atomic E-state index is 13.6. The molecule has 0 bridgehead atoms. The van der Waals surface area contributed by atoms with Crippen molar-refractivity contribution in [2.24, 2.45) is 5.92 Å². The van der Waals surface area contributed by atoms with Gasteiger partial charge in [-0.25, -0.2) is 4.98 Å². The van der Waals surface area contributed by atoms with Gasteiger partial charge in [0.1, 0.15) is 11.6 Å². The van der Waals surface area contributed by atoms with E-state index in [-0.39, 0.29) is 17.0 Å². The zero-order valence-electron chi connectivity index (χ0n) is 17.1. The molecule has 2 aliphatic carbocycles. The number of alkyl halides is 7. The van der Waals surface area contributed by atoms with Crippen molar-refractivity contribution in [1.29, 1.82) is 5.26 Å². The predicted octanol–water partition coefficient (Wildman–Crippen LogP) is 5.32. The number of nitrogens with zero attached hydrogens (tertiary/aromatic N) is 3. The standard InChI is InChI=1S/C20H17F7N4O2/c1-17(5-2-6-17)31-14-12(4-3-10(9-28)15(14)33-20(25,26)27)29-16(31)30-13(32)7-11-8-18(21,22)19(11,23)24/h3-4,11H,2,5-8H2,1H3,(H,29,30,32). The number of benzene rings is 1. The number of carbonyl (C=O) groups is 1. The van der Waals surface area contributed by atoms with Gasteiger partial charge in [0.05, 0.1) is 11.1 Å². The van der Waals surface area contributed by atoms with E-state index < -0.39 is 59.7 Å². The van der Waals surface area contributed by atoms with Crippen LogP contribution >= 0.6 is 0 Å². The highest BCUT2D eigenvalue weighted by Crippen LogP contribution is 2.56. The molecule has 178 valence electrons. The summed E-state index contributed by atoms with van der Waals surface area (Å²) in [6.45, 7) is 1.70. The highest BCUT2D eigenvalue weighted by Gasteiger charge is 2.71. The maximum absolute atomic E-state index is 13.6. The molecule has 2 fully saturated rings. The summed E-state index contributed by atoms with van der Waals surface area (Å²) in [6.07, 6.45) is -5.48. The largest absolute Gasteiger partial charge is 0.573 e. The minimum absolute atomic E-state index is 0.0304. The van der Waals surface area contributed by atoms with Crippen LogP contribution in [0.4, 0.5) is 36.7 Å². The normalized spacial score (nSPS) is 22.7. The fraction of sp³-hybridized carbons (Fsp3) is 0.550.